The van der Waals surface area contributed by atoms with Gasteiger partial charge in [-0.15, -0.1) is 0 Å². The van der Waals surface area contributed by atoms with Crippen molar-refractivity contribution in [3.05, 3.63) is 0 Å². The number of hydrazine groups is 1. The fourth-order valence-corrected chi connectivity index (χ4v) is 2.32. The fourth-order valence-electron chi connectivity index (χ4n) is 2.32. The topological polar surface area (TPSA) is 101 Å². The number of nitrogen functional groups attached to an aromatic ring is 1. The Hall–Kier alpha value is -1.67. The van der Waals surface area contributed by atoms with Gasteiger partial charge in [0.05, 0.1) is 13.2 Å². The van der Waals surface area contributed by atoms with Crippen molar-refractivity contribution in [3.63, 3.8) is 0 Å². The molecule has 8 heteroatoms. The molecule has 3 rings (SSSR count). The van der Waals surface area contributed by atoms with Gasteiger partial charge in [0.1, 0.15) is 0 Å². The Morgan fingerprint density at radius 3 is 2.60 bits per heavy atom. The predicted molar refractivity (Wildman–Crippen MR) is 76.4 cm³/mol. The third-order valence-corrected chi connectivity index (χ3v) is 3.85. The standard InChI is InChI=1S/C12H21N7O/c1-8-6-9(8)7-14-10-15-11(18-13)17-12(16-10)19-2-4-20-5-3-19/h8-9H,2-7,13H2,1H3,(H2,14,15,16,17,18). The lowest BCUT2D eigenvalue weighted by Gasteiger charge is -2.27. The highest BCUT2D eigenvalue weighted by atomic mass is 16.5. The van der Waals surface area contributed by atoms with Gasteiger partial charge in [-0.05, 0) is 18.3 Å². The van der Waals surface area contributed by atoms with E-state index in [2.05, 4.69) is 37.5 Å². The van der Waals surface area contributed by atoms with Crippen LogP contribution >= 0.6 is 0 Å². The molecule has 110 valence electrons. The van der Waals surface area contributed by atoms with Crippen LogP contribution < -0.4 is 21.5 Å². The van der Waals surface area contributed by atoms with E-state index in [0.29, 0.717) is 31.1 Å². The Kier molecular flexibility index (Phi) is 3.83. The molecular formula is C12H21N7O. The minimum atomic E-state index is 0.382. The SMILES string of the molecule is CC1CC1CNc1nc(NN)nc(N2CCOCC2)n1. The van der Waals surface area contributed by atoms with Gasteiger partial charge in [0.2, 0.25) is 17.8 Å². The normalized spacial score (nSPS) is 25.4. The number of nitrogens with zero attached hydrogens (tertiary/aromatic N) is 4. The van der Waals surface area contributed by atoms with Crippen molar-refractivity contribution < 1.29 is 4.74 Å². The summed E-state index contributed by atoms with van der Waals surface area (Å²) in [6, 6.07) is 0. The zero-order valence-electron chi connectivity index (χ0n) is 11.7. The van der Waals surface area contributed by atoms with Gasteiger partial charge in [-0.1, -0.05) is 6.92 Å². The van der Waals surface area contributed by atoms with Gasteiger partial charge in [-0.25, -0.2) is 5.84 Å². The van der Waals surface area contributed by atoms with Crippen LogP contribution in [0.2, 0.25) is 0 Å². The molecular weight excluding hydrogens is 258 g/mol. The molecule has 1 saturated heterocycles. The second-order valence-electron chi connectivity index (χ2n) is 5.38. The molecule has 2 atom stereocenters. The maximum absolute atomic E-state index is 5.43. The van der Waals surface area contributed by atoms with Crippen molar-refractivity contribution >= 4 is 17.8 Å². The van der Waals surface area contributed by atoms with E-state index < -0.39 is 0 Å². The Labute approximate surface area is 118 Å². The van der Waals surface area contributed by atoms with Crippen LogP contribution in [-0.4, -0.2) is 47.8 Å². The Morgan fingerprint density at radius 2 is 1.95 bits per heavy atom. The van der Waals surface area contributed by atoms with Gasteiger partial charge >= 0.3 is 0 Å². The third-order valence-electron chi connectivity index (χ3n) is 3.85. The summed E-state index contributed by atoms with van der Waals surface area (Å²) < 4.78 is 5.34. The van der Waals surface area contributed by atoms with Gasteiger partial charge in [-0.2, -0.15) is 15.0 Å². The maximum Gasteiger partial charge on any atom is 0.243 e. The van der Waals surface area contributed by atoms with Gasteiger partial charge in [-0.3, -0.25) is 5.43 Å². The van der Waals surface area contributed by atoms with Gasteiger partial charge in [0.15, 0.2) is 0 Å². The maximum atomic E-state index is 5.43. The molecule has 2 unspecified atom stereocenters. The smallest absolute Gasteiger partial charge is 0.243 e. The molecule has 1 aromatic rings. The molecule has 1 aliphatic carbocycles. The van der Waals surface area contributed by atoms with Crippen LogP contribution in [0.3, 0.4) is 0 Å². The monoisotopic (exact) mass is 279 g/mol. The van der Waals surface area contributed by atoms with E-state index in [1.165, 1.54) is 6.42 Å². The van der Waals surface area contributed by atoms with Crippen molar-refractivity contribution in [2.24, 2.45) is 17.7 Å². The van der Waals surface area contributed by atoms with E-state index in [-0.39, 0.29) is 0 Å². The first-order valence-electron chi connectivity index (χ1n) is 7.05. The number of morpholine rings is 1. The first-order valence-corrected chi connectivity index (χ1v) is 7.05. The van der Waals surface area contributed by atoms with Crippen molar-refractivity contribution in [3.8, 4) is 0 Å². The van der Waals surface area contributed by atoms with Crippen LogP contribution in [-0.2, 0) is 4.74 Å². The number of rotatable bonds is 5. The average molecular weight is 279 g/mol. The molecule has 4 N–H and O–H groups in total. The van der Waals surface area contributed by atoms with Crippen LogP contribution in [0, 0.1) is 11.8 Å². The molecule has 0 radical (unpaired) electrons. The van der Waals surface area contributed by atoms with Crippen molar-refractivity contribution in [2.75, 3.05) is 48.5 Å². The highest BCUT2D eigenvalue weighted by Crippen LogP contribution is 2.37. The molecule has 2 aliphatic rings. The molecule has 0 spiro atoms. The number of nitrogens with one attached hydrogen (secondary N) is 2. The first kappa shape index (κ1) is 13.3. The van der Waals surface area contributed by atoms with Crippen molar-refractivity contribution in [2.45, 2.75) is 13.3 Å². The average Bonchev–Trinajstić information content (AvgIpc) is 3.21. The van der Waals surface area contributed by atoms with E-state index in [1.54, 1.807) is 0 Å². The molecule has 0 bridgehead atoms. The number of hydrogen-bond acceptors (Lipinski definition) is 8. The molecule has 0 amide bonds. The lowest BCUT2D eigenvalue weighted by atomic mass is 10.3. The summed E-state index contributed by atoms with van der Waals surface area (Å²) in [7, 11) is 0. The molecule has 2 fully saturated rings. The van der Waals surface area contributed by atoms with Gasteiger partial charge in [0, 0.05) is 19.6 Å². The second kappa shape index (κ2) is 5.76. The van der Waals surface area contributed by atoms with Crippen LogP contribution in [0.4, 0.5) is 17.8 Å². The number of hydrogen-bond donors (Lipinski definition) is 3. The fraction of sp³-hybridized carbons (Fsp3) is 0.750. The van der Waals surface area contributed by atoms with E-state index in [1.807, 2.05) is 0 Å². The largest absolute Gasteiger partial charge is 0.378 e. The van der Waals surface area contributed by atoms with E-state index in [9.17, 15) is 0 Å². The molecule has 0 aromatic carbocycles. The zero-order valence-corrected chi connectivity index (χ0v) is 11.7. The summed E-state index contributed by atoms with van der Waals surface area (Å²) in [4.78, 5) is 15.1. The van der Waals surface area contributed by atoms with Crippen LogP contribution in [0.1, 0.15) is 13.3 Å². The summed E-state index contributed by atoms with van der Waals surface area (Å²) in [5, 5.41) is 3.28. The van der Waals surface area contributed by atoms with Crippen LogP contribution in [0.25, 0.3) is 0 Å². The van der Waals surface area contributed by atoms with Crippen molar-refractivity contribution in [1.82, 2.24) is 15.0 Å². The van der Waals surface area contributed by atoms with E-state index in [4.69, 9.17) is 10.6 Å². The van der Waals surface area contributed by atoms with Crippen LogP contribution in [0.5, 0.6) is 0 Å². The van der Waals surface area contributed by atoms with Crippen LogP contribution in [0.15, 0.2) is 0 Å². The zero-order chi connectivity index (χ0) is 13.9. The summed E-state index contributed by atoms with van der Waals surface area (Å²) in [6.45, 7) is 6.11. The van der Waals surface area contributed by atoms with E-state index in [0.717, 1.165) is 31.5 Å². The molecule has 1 aromatic heterocycles. The third kappa shape index (κ3) is 3.07. The molecule has 8 nitrogen and oxygen atoms in total. The summed E-state index contributed by atoms with van der Waals surface area (Å²) in [6.07, 6.45) is 1.27. The lowest BCUT2D eigenvalue weighted by Crippen LogP contribution is -2.37. The molecule has 1 aliphatic heterocycles. The number of anilines is 3. The number of nitrogens with two attached hydrogens (primary N) is 1. The second-order valence-corrected chi connectivity index (χ2v) is 5.38. The minimum Gasteiger partial charge on any atom is -0.378 e. The molecule has 2 heterocycles. The highest BCUT2D eigenvalue weighted by molar-refractivity contribution is 5.43. The van der Waals surface area contributed by atoms with Gasteiger partial charge in [0.25, 0.3) is 0 Å². The highest BCUT2D eigenvalue weighted by Gasteiger charge is 2.32. The minimum absolute atomic E-state index is 0.382. The Balaban J connectivity index is 1.71. The summed E-state index contributed by atoms with van der Waals surface area (Å²) >= 11 is 0. The summed E-state index contributed by atoms with van der Waals surface area (Å²) in [5.41, 5.74) is 2.50. The van der Waals surface area contributed by atoms with Crippen molar-refractivity contribution in [1.29, 1.82) is 0 Å². The lowest BCUT2D eigenvalue weighted by molar-refractivity contribution is 0.122. The number of aromatic nitrogens is 3. The molecule has 1 saturated carbocycles. The number of ether oxygens (including phenoxy) is 1. The predicted octanol–water partition coefficient (Wildman–Crippen LogP) is 0.0617. The Morgan fingerprint density at radius 1 is 1.25 bits per heavy atom. The first-order chi connectivity index (χ1) is 9.76. The van der Waals surface area contributed by atoms with E-state index >= 15 is 0 Å². The quantitative estimate of drug-likeness (QED) is 0.514. The van der Waals surface area contributed by atoms with Gasteiger partial charge < -0.3 is 15.0 Å². The molecule has 20 heavy (non-hydrogen) atoms. The summed E-state index contributed by atoms with van der Waals surface area (Å²) in [5.74, 6) is 8.57. The Bertz CT molecular complexity index is 463.